The number of rotatable bonds is 45. The van der Waals surface area contributed by atoms with Gasteiger partial charge in [0.15, 0.2) is 0 Å². The molecule has 0 aromatic rings. The summed E-state index contributed by atoms with van der Waals surface area (Å²) in [5.74, 6) is -0.507. The Balaban J connectivity index is 3.21. The van der Waals surface area contributed by atoms with Crippen LogP contribution in [0.3, 0.4) is 0 Å². The van der Waals surface area contributed by atoms with Gasteiger partial charge in [-0.05, 0) is 0 Å². The topological polar surface area (TPSA) is 270 Å². The van der Waals surface area contributed by atoms with Crippen LogP contribution in [0.15, 0.2) is 0 Å². The van der Waals surface area contributed by atoms with Crippen molar-refractivity contribution in [3.63, 3.8) is 0 Å². The second kappa shape index (κ2) is 42.9. The normalized spacial score (nSPS) is 13.8. The van der Waals surface area contributed by atoms with Crippen LogP contribution < -0.4 is 10.6 Å². The van der Waals surface area contributed by atoms with Gasteiger partial charge in [-0.15, -0.1) is 0 Å². The Hall–Kier alpha value is -1.74. The van der Waals surface area contributed by atoms with E-state index in [-0.39, 0.29) is 32.1 Å². The zero-order chi connectivity index (χ0) is 41.2. The molecule has 0 aromatic heterocycles. The van der Waals surface area contributed by atoms with Crippen LogP contribution in [0, 0.1) is 0 Å². The van der Waals surface area contributed by atoms with Crippen LogP contribution >= 0.6 is 0 Å². The van der Waals surface area contributed by atoms with Crippen molar-refractivity contribution in [2.45, 2.75) is 37.8 Å². The summed E-state index contributed by atoms with van der Waals surface area (Å²) in [6.45, 7) is 11.1. The van der Waals surface area contributed by atoms with Crippen LogP contribution in [0.4, 0.5) is 0 Å². The van der Waals surface area contributed by atoms with Gasteiger partial charge in [-0.1, -0.05) is 0 Å². The average molecular weight is 823 g/mol. The smallest absolute Gasteiger partial charge is 0.222 e. The van der Waals surface area contributed by atoms with Gasteiger partial charge in [0, 0.05) is 26.4 Å². The first kappa shape index (κ1) is 54.3. The van der Waals surface area contributed by atoms with Crippen molar-refractivity contribution in [3.8, 4) is 0 Å². The van der Waals surface area contributed by atoms with Crippen molar-refractivity contribution in [3.05, 3.63) is 0 Å². The lowest BCUT2D eigenvalue weighted by molar-refractivity contribution is -0.127. The molecule has 0 aliphatic heterocycles. The molecule has 21 heteroatoms. The molecule has 0 radical (unpaired) electrons. The summed E-state index contributed by atoms with van der Waals surface area (Å²) < 4.78 is 65.0. The molecular weight excluding hydrogens is 752 g/mol. The Morgan fingerprint density at radius 3 is 0.964 bits per heavy atom. The molecule has 0 heterocycles. The first-order valence-corrected chi connectivity index (χ1v) is 19.1. The van der Waals surface area contributed by atoms with Gasteiger partial charge in [-0.3, -0.25) is 9.59 Å². The number of ether oxygens (including phenoxy) is 12. The first-order chi connectivity index (χ1) is 27.3. The Bertz CT molecular complexity index is 853. The molecule has 0 aliphatic rings. The zero-order valence-electron chi connectivity index (χ0n) is 33.1. The van der Waals surface area contributed by atoms with Crippen LogP contribution in [0.1, 0.15) is 13.3 Å². The monoisotopic (exact) mass is 822 g/mol. The molecule has 0 spiro atoms. The summed E-state index contributed by atoms with van der Waals surface area (Å²) in [4.78, 5) is 22.5. The van der Waals surface area contributed by atoms with Gasteiger partial charge in [-0.2, -0.15) is 0 Å². The van der Waals surface area contributed by atoms with Gasteiger partial charge in [0.2, 0.25) is 11.8 Å². The van der Waals surface area contributed by atoms with E-state index in [1.54, 1.807) is 0 Å². The van der Waals surface area contributed by atoms with E-state index in [0.29, 0.717) is 152 Å². The van der Waals surface area contributed by atoms with E-state index in [1.165, 1.54) is 6.92 Å². The maximum Gasteiger partial charge on any atom is 0.222 e. The van der Waals surface area contributed by atoms with Gasteiger partial charge >= 0.3 is 0 Å². The van der Waals surface area contributed by atoms with Crippen molar-refractivity contribution < 1.29 is 92.0 Å². The summed E-state index contributed by atoms with van der Waals surface area (Å²) in [5.41, 5.74) is 0. The third kappa shape index (κ3) is 39.1. The Labute approximate surface area is 330 Å². The van der Waals surface area contributed by atoms with Crippen LogP contribution in [0.5, 0.6) is 0 Å². The fourth-order valence-electron chi connectivity index (χ4n) is 3.98. The van der Waals surface area contributed by atoms with Crippen LogP contribution in [-0.4, -0.2) is 240 Å². The molecule has 0 rings (SSSR count). The third-order valence-electron chi connectivity index (χ3n) is 7.02. The highest BCUT2D eigenvalue weighted by Gasteiger charge is 2.30. The van der Waals surface area contributed by atoms with Gasteiger partial charge in [0.05, 0.1) is 171 Å². The number of aliphatic hydroxyl groups excluding tert-OH is 5. The summed E-state index contributed by atoms with van der Waals surface area (Å²) in [7, 11) is 0. The molecule has 21 nitrogen and oxygen atoms in total. The minimum atomic E-state index is -1.75. The molecule has 334 valence electrons. The Morgan fingerprint density at radius 2 is 0.679 bits per heavy atom. The van der Waals surface area contributed by atoms with Crippen molar-refractivity contribution in [2.75, 3.05) is 178 Å². The van der Waals surface area contributed by atoms with Crippen molar-refractivity contribution in [1.29, 1.82) is 0 Å². The molecule has 56 heavy (non-hydrogen) atoms. The predicted molar refractivity (Wildman–Crippen MR) is 197 cm³/mol. The lowest BCUT2D eigenvalue weighted by Gasteiger charge is -2.25. The summed E-state index contributed by atoms with van der Waals surface area (Å²) in [5, 5.41) is 52.2. The predicted octanol–water partition coefficient (Wildman–Crippen LogP) is -3.74. The maximum absolute atomic E-state index is 11.8. The quantitative estimate of drug-likeness (QED) is 0.0291. The lowest BCUT2D eigenvalue weighted by atomic mass is 10.0. The second-order valence-electron chi connectivity index (χ2n) is 11.7. The minimum absolute atomic E-state index is 0.0136. The van der Waals surface area contributed by atoms with Crippen LogP contribution in [0.2, 0.25) is 0 Å². The van der Waals surface area contributed by atoms with Crippen LogP contribution in [0.25, 0.3) is 0 Å². The fraction of sp³-hybridized carbons (Fsp3) is 0.943. The number of amides is 2. The van der Waals surface area contributed by atoms with E-state index >= 15 is 0 Å². The van der Waals surface area contributed by atoms with E-state index in [9.17, 15) is 30.0 Å². The number of hydrogen-bond acceptors (Lipinski definition) is 19. The highest BCUT2D eigenvalue weighted by molar-refractivity contribution is 5.76. The Morgan fingerprint density at radius 1 is 0.411 bits per heavy atom. The third-order valence-corrected chi connectivity index (χ3v) is 7.02. The average Bonchev–Trinajstić information content (AvgIpc) is 3.19. The zero-order valence-corrected chi connectivity index (χ0v) is 33.1. The molecule has 0 aliphatic carbocycles. The summed E-state index contributed by atoms with van der Waals surface area (Å²) >= 11 is 0. The van der Waals surface area contributed by atoms with Crippen molar-refractivity contribution >= 4 is 11.8 Å². The Kier molecular flexibility index (Phi) is 41.5. The van der Waals surface area contributed by atoms with Gasteiger partial charge in [-0.25, -0.2) is 0 Å². The van der Waals surface area contributed by atoms with Gasteiger partial charge < -0.3 is 93.0 Å². The molecule has 0 bridgehead atoms. The molecule has 4 atom stereocenters. The number of carbonyl (C=O) groups is 2. The summed E-state index contributed by atoms with van der Waals surface area (Å²) in [6.07, 6.45) is -6.61. The van der Waals surface area contributed by atoms with Gasteiger partial charge in [0.1, 0.15) is 18.3 Å². The van der Waals surface area contributed by atoms with E-state index in [1.807, 2.05) is 0 Å². The van der Waals surface area contributed by atoms with Crippen molar-refractivity contribution in [1.82, 2.24) is 10.6 Å². The standard InChI is InChI=1S/C35H70N2O19/c1-30(39)36-3-5-46-7-9-48-11-13-50-15-17-52-19-21-54-23-25-56-27-26-55-24-22-53-20-18-51-16-14-49-12-10-47-8-6-45-4-2-33(42)37-28-31(40)34(43)35(44)32(41)29-38/h31-32,34-35,38,40-41,43-44H,2-29H2,1H3,(H,36,39)(H,37,42)/t31-,32+,34+,35+/m0/s1. The molecular formula is C35H70N2O19. The van der Waals surface area contributed by atoms with E-state index in [2.05, 4.69) is 10.6 Å². The molecule has 0 aromatic carbocycles. The molecule has 0 saturated heterocycles. The molecule has 2 amide bonds. The number of aliphatic hydroxyl groups is 5. The largest absolute Gasteiger partial charge is 0.394 e. The minimum Gasteiger partial charge on any atom is -0.394 e. The molecule has 0 fully saturated rings. The molecule has 0 unspecified atom stereocenters. The maximum atomic E-state index is 11.8. The van der Waals surface area contributed by atoms with E-state index in [4.69, 9.17) is 61.9 Å². The van der Waals surface area contributed by atoms with Crippen LogP contribution in [-0.2, 0) is 66.4 Å². The SMILES string of the molecule is CC(=O)NCCOCCOCCOCCOCCOCCOCCOCCOCCOCCOCCOCCOCCC(=O)NC[C@H](O)[C@@H](O)[C@H](O)[C@H](O)CO. The first-order valence-electron chi connectivity index (χ1n) is 19.1. The lowest BCUT2D eigenvalue weighted by Crippen LogP contribution is -2.49. The highest BCUT2D eigenvalue weighted by atomic mass is 16.6. The van der Waals surface area contributed by atoms with Crippen molar-refractivity contribution in [2.24, 2.45) is 0 Å². The highest BCUT2D eigenvalue weighted by Crippen LogP contribution is 2.04. The molecule has 0 saturated carbocycles. The fourth-order valence-corrected chi connectivity index (χ4v) is 3.98. The van der Waals surface area contributed by atoms with E-state index < -0.39 is 36.9 Å². The number of nitrogens with one attached hydrogen (secondary N) is 2. The number of carbonyl (C=O) groups excluding carboxylic acids is 2. The number of hydrogen-bond donors (Lipinski definition) is 7. The van der Waals surface area contributed by atoms with Gasteiger partial charge in [0.25, 0.3) is 0 Å². The second-order valence-corrected chi connectivity index (χ2v) is 11.7. The summed E-state index contributed by atoms with van der Waals surface area (Å²) in [6, 6.07) is 0. The van der Waals surface area contributed by atoms with E-state index in [0.717, 1.165) is 0 Å². The molecule has 7 N–H and O–H groups in total.